The molecule has 1 aromatic carbocycles. The van der Waals surface area contributed by atoms with Crippen LogP contribution in [0.15, 0.2) is 46.6 Å². The van der Waals surface area contributed by atoms with Crippen molar-refractivity contribution < 1.29 is 17.7 Å². The van der Waals surface area contributed by atoms with Gasteiger partial charge in [0.05, 0.1) is 11.9 Å². The van der Waals surface area contributed by atoms with Crippen molar-refractivity contribution in [2.24, 2.45) is 10.2 Å². The molecule has 2 aromatic rings. The molecule has 0 fully saturated rings. The van der Waals surface area contributed by atoms with E-state index in [1.165, 1.54) is 0 Å². The lowest BCUT2D eigenvalue weighted by atomic mass is 10.3. The van der Waals surface area contributed by atoms with Gasteiger partial charge in [-0.1, -0.05) is 13.8 Å². The van der Waals surface area contributed by atoms with Crippen LogP contribution in [0, 0.1) is 0 Å². The van der Waals surface area contributed by atoms with E-state index in [-0.39, 0.29) is 5.82 Å². The second-order valence-electron chi connectivity index (χ2n) is 5.94. The zero-order valence-corrected chi connectivity index (χ0v) is 17.6. The molecule has 10 nitrogen and oxygen atoms in total. The monoisotopic (exact) mass is 424 g/mol. The number of anilines is 2. The quantitative estimate of drug-likeness (QED) is 0.431. The first kappa shape index (κ1) is 24.3. The molecule has 0 aliphatic heterocycles. The molecule has 5 N–H and O–H groups in total. The lowest BCUT2D eigenvalue weighted by molar-refractivity contribution is 0.223. The molecule has 2 rings (SSSR count). The van der Waals surface area contributed by atoms with Crippen molar-refractivity contribution >= 4 is 33.1 Å². The minimum Gasteiger partial charge on any atom is -0.492 e. The molecule has 0 spiro atoms. The van der Waals surface area contributed by atoms with Crippen LogP contribution < -0.4 is 16.2 Å². The number of azo groups is 1. The summed E-state index contributed by atoms with van der Waals surface area (Å²) in [5.41, 5.74) is 12.5. The summed E-state index contributed by atoms with van der Waals surface area (Å²) in [6.07, 6.45) is 0.715. The van der Waals surface area contributed by atoms with E-state index in [2.05, 4.69) is 34.0 Å². The maximum Gasteiger partial charge on any atom is 0.261 e. The van der Waals surface area contributed by atoms with Crippen LogP contribution in [0.5, 0.6) is 5.75 Å². The third-order valence-corrected chi connectivity index (χ3v) is 3.60. The van der Waals surface area contributed by atoms with Crippen LogP contribution in [-0.2, 0) is 10.1 Å². The van der Waals surface area contributed by atoms with Crippen molar-refractivity contribution in [3.05, 3.63) is 36.4 Å². The van der Waals surface area contributed by atoms with Crippen LogP contribution >= 0.6 is 0 Å². The van der Waals surface area contributed by atoms with E-state index in [9.17, 15) is 8.42 Å². The number of hydrogen-bond acceptors (Lipinski definition) is 9. The Bertz CT molecular complexity index is 876. The average molecular weight is 425 g/mol. The number of ether oxygens (including phenoxy) is 1. The van der Waals surface area contributed by atoms with Crippen LogP contribution in [0.4, 0.5) is 23.0 Å². The minimum atomic E-state index is -3.67. The second-order valence-corrected chi connectivity index (χ2v) is 7.41. The van der Waals surface area contributed by atoms with Crippen LogP contribution in [0.25, 0.3) is 0 Å². The average Bonchev–Trinajstić information content (AvgIpc) is 2.64. The van der Waals surface area contributed by atoms with Gasteiger partial charge in [-0.2, -0.15) is 13.5 Å². The number of nitrogens with zero attached hydrogens (tertiary/aromatic N) is 4. The largest absolute Gasteiger partial charge is 0.492 e. The highest BCUT2D eigenvalue weighted by Gasteiger charge is 2.01. The molecule has 0 bridgehead atoms. The number of nitrogen functional groups attached to an aromatic ring is 2. The standard InChI is InChI=1S/C17H24N6O.CH4O3S/c1-3-23(4-2)11-12-24-14-7-5-13(6-8-14)21-22-15-9-10-16(18)20-17(15)19;1-5(2,3)4/h5-10H,3-4,11-12H2,1-2H3,(H4,18,19,20);1H3,(H,2,3,4). The molecule has 0 radical (unpaired) electrons. The Hall–Kier alpha value is -2.76. The van der Waals surface area contributed by atoms with E-state index < -0.39 is 10.1 Å². The summed E-state index contributed by atoms with van der Waals surface area (Å²) in [6, 6.07) is 10.8. The van der Waals surface area contributed by atoms with Gasteiger partial charge in [-0.3, -0.25) is 4.55 Å². The van der Waals surface area contributed by atoms with Gasteiger partial charge in [0, 0.05) is 6.54 Å². The number of aromatic nitrogens is 1. The summed E-state index contributed by atoms with van der Waals surface area (Å²) in [5.74, 6) is 1.43. The van der Waals surface area contributed by atoms with Gasteiger partial charge in [0.15, 0.2) is 5.82 Å². The first-order valence-corrected chi connectivity index (χ1v) is 10.8. The van der Waals surface area contributed by atoms with E-state index >= 15 is 0 Å². The van der Waals surface area contributed by atoms with Gasteiger partial charge in [0.25, 0.3) is 10.1 Å². The number of pyridine rings is 1. The van der Waals surface area contributed by atoms with Crippen molar-refractivity contribution in [2.75, 3.05) is 44.0 Å². The lowest BCUT2D eigenvalue weighted by Crippen LogP contribution is -2.27. The molecule has 0 aliphatic rings. The smallest absolute Gasteiger partial charge is 0.261 e. The molecule has 0 amide bonds. The van der Waals surface area contributed by atoms with Gasteiger partial charge < -0.3 is 21.1 Å². The molecular formula is C18H28N6O4S. The fraction of sp³-hybridized carbons (Fsp3) is 0.389. The molecule has 1 aromatic heterocycles. The highest BCUT2D eigenvalue weighted by molar-refractivity contribution is 7.85. The Balaban J connectivity index is 0.000000749. The Morgan fingerprint density at radius 1 is 1.07 bits per heavy atom. The van der Waals surface area contributed by atoms with Crippen LogP contribution in [0.1, 0.15) is 13.8 Å². The number of hydrogen-bond donors (Lipinski definition) is 3. The summed E-state index contributed by atoms with van der Waals surface area (Å²) < 4.78 is 31.6. The molecule has 0 unspecified atom stereocenters. The van der Waals surface area contributed by atoms with Crippen LogP contribution in [-0.4, -0.2) is 55.4 Å². The summed E-state index contributed by atoms with van der Waals surface area (Å²) in [4.78, 5) is 6.25. The van der Waals surface area contributed by atoms with Gasteiger partial charge in [0.2, 0.25) is 0 Å². The lowest BCUT2D eigenvalue weighted by Gasteiger charge is -2.17. The summed E-state index contributed by atoms with van der Waals surface area (Å²) in [6.45, 7) is 7.93. The Kier molecular flexibility index (Phi) is 10.00. The summed E-state index contributed by atoms with van der Waals surface area (Å²) in [5, 5.41) is 8.23. The summed E-state index contributed by atoms with van der Waals surface area (Å²) >= 11 is 0. The molecule has 11 heteroatoms. The predicted molar refractivity (Wildman–Crippen MR) is 114 cm³/mol. The van der Waals surface area contributed by atoms with Crippen molar-refractivity contribution in [1.29, 1.82) is 0 Å². The Morgan fingerprint density at radius 3 is 2.17 bits per heavy atom. The molecule has 29 heavy (non-hydrogen) atoms. The number of benzene rings is 1. The van der Waals surface area contributed by atoms with Gasteiger partial charge in [-0.15, -0.1) is 5.11 Å². The third-order valence-electron chi connectivity index (χ3n) is 3.60. The van der Waals surface area contributed by atoms with E-state index in [4.69, 9.17) is 20.8 Å². The van der Waals surface area contributed by atoms with E-state index in [0.29, 0.717) is 30.1 Å². The molecule has 160 valence electrons. The first-order chi connectivity index (χ1) is 13.6. The molecule has 0 saturated heterocycles. The number of rotatable bonds is 8. The van der Waals surface area contributed by atoms with E-state index in [1.54, 1.807) is 12.1 Å². The molecule has 0 saturated carbocycles. The fourth-order valence-electron chi connectivity index (χ4n) is 2.12. The zero-order chi connectivity index (χ0) is 21.9. The number of nitrogens with two attached hydrogens (primary N) is 2. The maximum absolute atomic E-state index is 9.19. The maximum atomic E-state index is 9.19. The Morgan fingerprint density at radius 2 is 1.66 bits per heavy atom. The highest BCUT2D eigenvalue weighted by Crippen LogP contribution is 2.24. The van der Waals surface area contributed by atoms with Crippen molar-refractivity contribution in [3.63, 3.8) is 0 Å². The van der Waals surface area contributed by atoms with Gasteiger partial charge in [0.1, 0.15) is 23.9 Å². The molecular weight excluding hydrogens is 396 g/mol. The second kappa shape index (κ2) is 11.9. The number of likely N-dealkylation sites (N-methyl/N-ethyl adjacent to an activating group) is 1. The van der Waals surface area contributed by atoms with Gasteiger partial charge in [-0.05, 0) is 49.5 Å². The van der Waals surface area contributed by atoms with Gasteiger partial charge in [-0.25, -0.2) is 4.98 Å². The third kappa shape index (κ3) is 11.0. The molecule has 0 aliphatic carbocycles. The fourth-order valence-corrected chi connectivity index (χ4v) is 2.12. The predicted octanol–water partition coefficient (Wildman–Crippen LogP) is 2.89. The van der Waals surface area contributed by atoms with Crippen molar-refractivity contribution in [2.45, 2.75) is 13.8 Å². The molecule has 0 atom stereocenters. The van der Waals surface area contributed by atoms with E-state index in [0.717, 1.165) is 25.4 Å². The van der Waals surface area contributed by atoms with Crippen LogP contribution in [0.3, 0.4) is 0 Å². The Labute approximate surface area is 171 Å². The normalized spacial score (nSPS) is 11.3. The zero-order valence-electron chi connectivity index (χ0n) is 16.8. The van der Waals surface area contributed by atoms with Crippen molar-refractivity contribution in [3.8, 4) is 5.75 Å². The van der Waals surface area contributed by atoms with Crippen LogP contribution in [0.2, 0.25) is 0 Å². The van der Waals surface area contributed by atoms with Gasteiger partial charge >= 0.3 is 0 Å². The highest BCUT2D eigenvalue weighted by atomic mass is 32.2. The topological polar surface area (TPSA) is 156 Å². The minimum absolute atomic E-state index is 0.259. The van der Waals surface area contributed by atoms with E-state index in [1.807, 2.05) is 24.3 Å². The summed E-state index contributed by atoms with van der Waals surface area (Å²) in [7, 11) is -3.67. The molecule has 1 heterocycles. The SMILES string of the molecule is CCN(CC)CCOc1ccc(N=Nc2ccc(N)nc2N)cc1.CS(=O)(=O)O. The first-order valence-electron chi connectivity index (χ1n) is 8.93. The van der Waals surface area contributed by atoms with Crippen molar-refractivity contribution in [1.82, 2.24) is 9.88 Å².